The van der Waals surface area contributed by atoms with Gasteiger partial charge in [-0.25, -0.2) is 0 Å². The van der Waals surface area contributed by atoms with Gasteiger partial charge in [-0.05, 0) is 25.8 Å². The third-order valence-electron chi connectivity index (χ3n) is 4.11. The van der Waals surface area contributed by atoms with Crippen molar-refractivity contribution in [1.29, 1.82) is 0 Å². The molecule has 1 fully saturated rings. The first-order valence-electron chi connectivity index (χ1n) is 7.55. The van der Waals surface area contributed by atoms with Gasteiger partial charge in [0.2, 0.25) is 0 Å². The molecule has 3 rings (SSSR count). The summed E-state index contributed by atoms with van der Waals surface area (Å²) in [5, 5.41) is 11.0. The van der Waals surface area contributed by atoms with E-state index in [9.17, 15) is 4.79 Å². The molecule has 0 unspecified atom stereocenters. The van der Waals surface area contributed by atoms with Crippen LogP contribution in [0.5, 0.6) is 0 Å². The number of rotatable bonds is 4. The number of carbonyl (C=O) groups excluding carboxylic acids is 1. The molecule has 2 aromatic heterocycles. The number of nitrogens with one attached hydrogen (secondary N) is 1. The van der Waals surface area contributed by atoms with Crippen LogP contribution in [0.4, 0.5) is 0 Å². The second-order valence-corrected chi connectivity index (χ2v) is 5.81. The summed E-state index contributed by atoms with van der Waals surface area (Å²) in [5.74, 6) is 0.791. The van der Waals surface area contributed by atoms with Crippen molar-refractivity contribution in [3.8, 4) is 0 Å². The van der Waals surface area contributed by atoms with Crippen LogP contribution in [0.15, 0.2) is 23.0 Å². The smallest absolute Gasteiger partial charge is 0.271 e. The van der Waals surface area contributed by atoms with Crippen molar-refractivity contribution in [2.45, 2.75) is 32.4 Å². The minimum Gasteiger partial charge on any atom is -0.361 e. The van der Waals surface area contributed by atoms with Gasteiger partial charge in [0.25, 0.3) is 5.91 Å². The molecule has 7 heteroatoms. The van der Waals surface area contributed by atoms with Gasteiger partial charge in [-0.3, -0.25) is 14.4 Å². The van der Waals surface area contributed by atoms with E-state index in [-0.39, 0.29) is 11.9 Å². The molecule has 22 heavy (non-hydrogen) atoms. The number of amides is 1. The molecule has 0 atom stereocenters. The summed E-state index contributed by atoms with van der Waals surface area (Å²) < 4.78 is 6.73. The van der Waals surface area contributed by atoms with E-state index in [1.165, 1.54) is 0 Å². The fraction of sp³-hybridized carbons (Fsp3) is 0.533. The number of likely N-dealkylation sites (tertiary alicyclic amines) is 1. The van der Waals surface area contributed by atoms with E-state index in [1.54, 1.807) is 23.1 Å². The van der Waals surface area contributed by atoms with E-state index >= 15 is 0 Å². The number of hydrogen-bond donors (Lipinski definition) is 1. The van der Waals surface area contributed by atoms with Crippen LogP contribution < -0.4 is 5.32 Å². The lowest BCUT2D eigenvalue weighted by molar-refractivity contribution is 0.0903. The lowest BCUT2D eigenvalue weighted by Gasteiger charge is -2.31. The molecular formula is C15H21N5O2. The van der Waals surface area contributed by atoms with Crippen LogP contribution in [0.2, 0.25) is 0 Å². The Morgan fingerprint density at radius 2 is 2.23 bits per heavy atom. The Labute approximate surface area is 129 Å². The lowest BCUT2D eigenvalue weighted by Crippen LogP contribution is -2.44. The molecular weight excluding hydrogens is 282 g/mol. The number of aryl methyl sites for hydroxylation is 2. The Hall–Kier alpha value is -2.15. The molecule has 0 spiro atoms. The van der Waals surface area contributed by atoms with Gasteiger partial charge >= 0.3 is 0 Å². The monoisotopic (exact) mass is 303 g/mol. The van der Waals surface area contributed by atoms with Gasteiger partial charge in [-0.1, -0.05) is 5.16 Å². The molecule has 3 heterocycles. The molecule has 7 nitrogen and oxygen atoms in total. The average molecular weight is 303 g/mol. The molecule has 1 N–H and O–H groups in total. The summed E-state index contributed by atoms with van der Waals surface area (Å²) in [7, 11) is 1.81. The molecule has 0 aromatic carbocycles. The van der Waals surface area contributed by atoms with Crippen LogP contribution in [-0.4, -0.2) is 44.9 Å². The predicted molar refractivity (Wildman–Crippen MR) is 80.2 cm³/mol. The standard InChI is InChI=1S/C15H21N5O2/c1-11-12(9-16-22-11)10-20-7-3-13(4-8-20)17-15(21)14-5-6-19(2)18-14/h5-6,9,13H,3-4,7-8,10H2,1-2H3,(H,17,21). The van der Waals surface area contributed by atoms with Gasteiger partial charge in [-0.2, -0.15) is 5.10 Å². The zero-order valence-corrected chi connectivity index (χ0v) is 13.0. The third-order valence-corrected chi connectivity index (χ3v) is 4.11. The molecule has 1 saturated heterocycles. The number of aromatic nitrogens is 3. The quantitative estimate of drug-likeness (QED) is 0.915. The van der Waals surface area contributed by atoms with Gasteiger partial charge in [0.05, 0.1) is 6.20 Å². The SMILES string of the molecule is Cc1oncc1CN1CCC(NC(=O)c2ccn(C)n2)CC1. The maximum absolute atomic E-state index is 12.1. The zero-order chi connectivity index (χ0) is 15.5. The summed E-state index contributed by atoms with van der Waals surface area (Å²) >= 11 is 0. The molecule has 0 aliphatic carbocycles. The highest BCUT2D eigenvalue weighted by Gasteiger charge is 2.22. The van der Waals surface area contributed by atoms with Crippen LogP contribution in [0.1, 0.15) is 34.7 Å². The Kier molecular flexibility index (Phi) is 4.24. The molecule has 118 valence electrons. The minimum atomic E-state index is -0.0890. The topological polar surface area (TPSA) is 76.2 Å². The van der Waals surface area contributed by atoms with E-state index < -0.39 is 0 Å². The molecule has 1 aliphatic heterocycles. The van der Waals surface area contributed by atoms with Crippen LogP contribution in [-0.2, 0) is 13.6 Å². The van der Waals surface area contributed by atoms with E-state index in [0.29, 0.717) is 5.69 Å². The van der Waals surface area contributed by atoms with Crippen molar-refractivity contribution in [2.24, 2.45) is 7.05 Å². The molecule has 1 amide bonds. The van der Waals surface area contributed by atoms with Crippen molar-refractivity contribution in [3.05, 3.63) is 35.5 Å². The van der Waals surface area contributed by atoms with Crippen LogP contribution in [0, 0.1) is 6.92 Å². The van der Waals surface area contributed by atoms with Crippen molar-refractivity contribution < 1.29 is 9.32 Å². The number of carbonyl (C=O) groups is 1. The summed E-state index contributed by atoms with van der Waals surface area (Å²) in [6, 6.07) is 1.95. The van der Waals surface area contributed by atoms with Crippen LogP contribution in [0.25, 0.3) is 0 Å². The molecule has 0 saturated carbocycles. The Morgan fingerprint density at radius 1 is 1.45 bits per heavy atom. The first-order valence-corrected chi connectivity index (χ1v) is 7.55. The second kappa shape index (κ2) is 6.31. The summed E-state index contributed by atoms with van der Waals surface area (Å²) in [6.45, 7) is 4.70. The maximum Gasteiger partial charge on any atom is 0.271 e. The van der Waals surface area contributed by atoms with Gasteiger partial charge in [0, 0.05) is 44.5 Å². The van der Waals surface area contributed by atoms with Gasteiger partial charge in [-0.15, -0.1) is 0 Å². The summed E-state index contributed by atoms with van der Waals surface area (Å²) in [4.78, 5) is 14.5. The van der Waals surface area contributed by atoms with Gasteiger partial charge in [0.1, 0.15) is 11.5 Å². The largest absolute Gasteiger partial charge is 0.361 e. The van der Waals surface area contributed by atoms with E-state index in [2.05, 4.69) is 20.5 Å². The second-order valence-electron chi connectivity index (χ2n) is 5.81. The van der Waals surface area contributed by atoms with Gasteiger partial charge in [0.15, 0.2) is 0 Å². The Balaban J connectivity index is 1.47. The van der Waals surface area contributed by atoms with Crippen molar-refractivity contribution in [1.82, 2.24) is 25.2 Å². The fourth-order valence-corrected chi connectivity index (χ4v) is 2.74. The normalized spacial score (nSPS) is 16.8. The average Bonchev–Trinajstić information content (AvgIpc) is 3.10. The minimum absolute atomic E-state index is 0.0890. The van der Waals surface area contributed by atoms with Crippen molar-refractivity contribution >= 4 is 5.91 Å². The van der Waals surface area contributed by atoms with Crippen molar-refractivity contribution in [3.63, 3.8) is 0 Å². The lowest BCUT2D eigenvalue weighted by atomic mass is 10.0. The third kappa shape index (κ3) is 3.36. The first kappa shape index (κ1) is 14.8. The van der Waals surface area contributed by atoms with Crippen molar-refractivity contribution in [2.75, 3.05) is 13.1 Å². The van der Waals surface area contributed by atoms with E-state index in [4.69, 9.17) is 4.52 Å². The molecule has 1 aliphatic rings. The molecule has 2 aromatic rings. The van der Waals surface area contributed by atoms with E-state index in [1.807, 2.05) is 14.0 Å². The fourth-order valence-electron chi connectivity index (χ4n) is 2.74. The van der Waals surface area contributed by atoms with Gasteiger partial charge < -0.3 is 9.84 Å². The Bertz CT molecular complexity index is 640. The highest BCUT2D eigenvalue weighted by molar-refractivity contribution is 5.92. The van der Waals surface area contributed by atoms with E-state index in [0.717, 1.165) is 43.8 Å². The highest BCUT2D eigenvalue weighted by Crippen LogP contribution is 2.16. The van der Waals surface area contributed by atoms with Crippen LogP contribution >= 0.6 is 0 Å². The zero-order valence-electron chi connectivity index (χ0n) is 13.0. The summed E-state index contributed by atoms with van der Waals surface area (Å²) in [6.07, 6.45) is 5.45. The maximum atomic E-state index is 12.1. The Morgan fingerprint density at radius 3 is 2.82 bits per heavy atom. The number of hydrogen-bond acceptors (Lipinski definition) is 5. The number of nitrogens with zero attached hydrogens (tertiary/aromatic N) is 4. The van der Waals surface area contributed by atoms with Crippen LogP contribution in [0.3, 0.4) is 0 Å². The number of piperidine rings is 1. The molecule has 0 radical (unpaired) electrons. The predicted octanol–water partition coefficient (Wildman–Crippen LogP) is 1.11. The first-order chi connectivity index (χ1) is 10.6. The highest BCUT2D eigenvalue weighted by atomic mass is 16.5. The molecule has 0 bridgehead atoms. The summed E-state index contributed by atoms with van der Waals surface area (Å²) in [5.41, 5.74) is 1.61.